The smallest absolute Gasteiger partial charge is 0.313 e. The molecule has 2 fully saturated rings. The first kappa shape index (κ1) is 14.4. The number of fused-ring (bicyclic) bond motifs is 1. The summed E-state index contributed by atoms with van der Waals surface area (Å²) in [6.07, 6.45) is 0. The summed E-state index contributed by atoms with van der Waals surface area (Å²) < 4.78 is 33.2. The van der Waals surface area contributed by atoms with Crippen molar-refractivity contribution in [2.24, 2.45) is 11.3 Å². The first-order valence-corrected chi connectivity index (χ1v) is 6.91. The summed E-state index contributed by atoms with van der Waals surface area (Å²) in [7, 11) is 0. The lowest BCUT2D eigenvalue weighted by atomic mass is 9.81. The lowest BCUT2D eigenvalue weighted by Gasteiger charge is -2.22. The minimum absolute atomic E-state index is 0.0106. The van der Waals surface area contributed by atoms with Crippen LogP contribution in [0.2, 0.25) is 0 Å². The van der Waals surface area contributed by atoms with E-state index in [4.69, 9.17) is 4.74 Å². The van der Waals surface area contributed by atoms with Crippen molar-refractivity contribution in [3.63, 3.8) is 0 Å². The molecule has 1 aromatic carbocycles. The van der Waals surface area contributed by atoms with Crippen LogP contribution in [0, 0.1) is 29.9 Å². The number of halogens is 2. The minimum Gasteiger partial charge on any atom is -0.481 e. The van der Waals surface area contributed by atoms with Gasteiger partial charge in [0.15, 0.2) is 0 Å². The number of likely N-dealkylation sites (tertiary alicyclic amines) is 1. The van der Waals surface area contributed by atoms with Crippen molar-refractivity contribution in [1.29, 1.82) is 0 Å². The summed E-state index contributed by atoms with van der Waals surface area (Å²) in [6.45, 7) is 2.98. The van der Waals surface area contributed by atoms with Crippen LogP contribution < -0.4 is 0 Å². The van der Waals surface area contributed by atoms with Crippen LogP contribution in [0.15, 0.2) is 12.1 Å². The Labute approximate surface area is 121 Å². The van der Waals surface area contributed by atoms with Crippen molar-refractivity contribution in [3.05, 3.63) is 34.9 Å². The van der Waals surface area contributed by atoms with Gasteiger partial charge in [0.05, 0.1) is 13.2 Å². The molecule has 0 bridgehead atoms. The fourth-order valence-corrected chi connectivity index (χ4v) is 3.35. The average molecular weight is 297 g/mol. The second-order valence-electron chi connectivity index (χ2n) is 6.00. The molecule has 2 aliphatic heterocycles. The summed E-state index contributed by atoms with van der Waals surface area (Å²) in [4.78, 5) is 13.3. The van der Waals surface area contributed by atoms with Crippen LogP contribution in [0.3, 0.4) is 0 Å². The van der Waals surface area contributed by atoms with E-state index in [1.165, 1.54) is 12.1 Å². The van der Waals surface area contributed by atoms with E-state index in [1.54, 1.807) is 6.92 Å². The molecule has 2 aliphatic rings. The van der Waals surface area contributed by atoms with Gasteiger partial charge in [-0.15, -0.1) is 0 Å². The number of carboxylic acids is 1. The highest BCUT2D eigenvalue weighted by Gasteiger charge is 2.56. The molecule has 3 rings (SSSR count). The third-order valence-electron chi connectivity index (χ3n) is 4.63. The molecule has 0 aliphatic carbocycles. The van der Waals surface area contributed by atoms with Crippen LogP contribution in [0.1, 0.15) is 11.1 Å². The highest BCUT2D eigenvalue weighted by atomic mass is 19.1. The van der Waals surface area contributed by atoms with Crippen LogP contribution in [0.5, 0.6) is 0 Å². The van der Waals surface area contributed by atoms with Crippen LogP contribution in [0.25, 0.3) is 0 Å². The van der Waals surface area contributed by atoms with Crippen molar-refractivity contribution in [3.8, 4) is 0 Å². The molecule has 0 spiro atoms. The summed E-state index contributed by atoms with van der Waals surface area (Å²) in [5, 5.41) is 9.46. The van der Waals surface area contributed by atoms with Gasteiger partial charge in [-0.3, -0.25) is 9.69 Å². The van der Waals surface area contributed by atoms with Crippen LogP contribution >= 0.6 is 0 Å². The van der Waals surface area contributed by atoms with E-state index in [1.807, 2.05) is 4.90 Å². The van der Waals surface area contributed by atoms with Crippen LogP contribution in [0.4, 0.5) is 8.78 Å². The number of carboxylic acid groups (broad SMARTS) is 1. The van der Waals surface area contributed by atoms with E-state index in [0.29, 0.717) is 18.7 Å². The molecule has 0 radical (unpaired) electrons. The molecule has 2 saturated heterocycles. The number of hydrogen-bond donors (Lipinski definition) is 1. The summed E-state index contributed by atoms with van der Waals surface area (Å²) in [6, 6.07) is 2.65. The molecule has 21 heavy (non-hydrogen) atoms. The molecule has 0 saturated carbocycles. The van der Waals surface area contributed by atoms with E-state index < -0.39 is 23.0 Å². The molecule has 2 heterocycles. The van der Waals surface area contributed by atoms with Gasteiger partial charge in [-0.1, -0.05) is 6.07 Å². The van der Waals surface area contributed by atoms with Crippen molar-refractivity contribution in [2.75, 3.05) is 26.3 Å². The standard InChI is InChI=1S/C15H17F2NO3/c1-9-2-3-12(16)11(13(9)17)5-18-4-10-6-21-8-15(10,7-18)14(19)20/h2-3,10H,4-8H2,1H3,(H,19,20)/t10-,15-/m1/s1. The Morgan fingerprint density at radius 2 is 2.29 bits per heavy atom. The van der Waals surface area contributed by atoms with Crippen LogP contribution in [-0.4, -0.2) is 42.3 Å². The van der Waals surface area contributed by atoms with E-state index in [0.717, 1.165) is 0 Å². The van der Waals surface area contributed by atoms with Crippen molar-refractivity contribution < 1.29 is 23.4 Å². The maximum absolute atomic E-state index is 14.1. The maximum atomic E-state index is 14.1. The minimum atomic E-state index is -0.934. The largest absolute Gasteiger partial charge is 0.481 e. The number of aryl methyl sites for hydroxylation is 1. The third-order valence-corrected chi connectivity index (χ3v) is 4.63. The molecule has 6 heteroatoms. The number of hydrogen-bond acceptors (Lipinski definition) is 3. The SMILES string of the molecule is Cc1ccc(F)c(CN2C[C@@H]3COC[C@]3(C(=O)O)C2)c1F. The van der Waals surface area contributed by atoms with Gasteiger partial charge in [0, 0.05) is 31.1 Å². The second-order valence-corrected chi connectivity index (χ2v) is 6.00. The average Bonchev–Trinajstić information content (AvgIpc) is 2.96. The third kappa shape index (κ3) is 2.22. The van der Waals surface area contributed by atoms with Gasteiger partial charge in [-0.2, -0.15) is 0 Å². The Hall–Kier alpha value is -1.53. The number of carbonyl (C=O) groups is 1. The zero-order valence-electron chi connectivity index (χ0n) is 11.7. The number of benzene rings is 1. The Morgan fingerprint density at radius 1 is 1.52 bits per heavy atom. The summed E-state index contributed by atoms with van der Waals surface area (Å²) in [5.41, 5.74) is -0.532. The first-order valence-electron chi connectivity index (χ1n) is 6.91. The molecule has 1 aromatic rings. The number of nitrogens with zero attached hydrogens (tertiary/aromatic N) is 1. The quantitative estimate of drug-likeness (QED) is 0.924. The Morgan fingerprint density at radius 3 is 2.95 bits per heavy atom. The summed E-state index contributed by atoms with van der Waals surface area (Å²) >= 11 is 0. The molecule has 1 N–H and O–H groups in total. The molecule has 0 unspecified atom stereocenters. The fourth-order valence-electron chi connectivity index (χ4n) is 3.35. The van der Waals surface area contributed by atoms with Gasteiger partial charge < -0.3 is 9.84 Å². The van der Waals surface area contributed by atoms with Crippen molar-refractivity contribution >= 4 is 5.97 Å². The zero-order valence-corrected chi connectivity index (χ0v) is 11.7. The van der Waals surface area contributed by atoms with Gasteiger partial charge >= 0.3 is 5.97 Å². The highest BCUT2D eigenvalue weighted by molar-refractivity contribution is 5.76. The predicted molar refractivity (Wildman–Crippen MR) is 70.7 cm³/mol. The van der Waals surface area contributed by atoms with E-state index in [9.17, 15) is 18.7 Å². The molecule has 0 aromatic heterocycles. The fraction of sp³-hybridized carbons (Fsp3) is 0.533. The topological polar surface area (TPSA) is 49.8 Å². The van der Waals surface area contributed by atoms with Gasteiger partial charge in [0.25, 0.3) is 0 Å². The Balaban J connectivity index is 1.83. The predicted octanol–water partition coefficient (Wildman–Crippen LogP) is 1.81. The number of aliphatic carboxylic acids is 1. The second kappa shape index (κ2) is 5.03. The maximum Gasteiger partial charge on any atom is 0.313 e. The van der Waals surface area contributed by atoms with E-state index in [-0.39, 0.29) is 31.2 Å². The van der Waals surface area contributed by atoms with Gasteiger partial charge in [-0.05, 0) is 18.6 Å². The molecule has 4 nitrogen and oxygen atoms in total. The number of rotatable bonds is 3. The monoisotopic (exact) mass is 297 g/mol. The van der Waals surface area contributed by atoms with Gasteiger partial charge in [0.1, 0.15) is 17.0 Å². The first-order chi connectivity index (χ1) is 9.94. The molecule has 0 amide bonds. The Kier molecular flexibility index (Phi) is 3.45. The van der Waals surface area contributed by atoms with Crippen molar-refractivity contribution in [2.45, 2.75) is 13.5 Å². The van der Waals surface area contributed by atoms with Gasteiger partial charge in [-0.25, -0.2) is 8.78 Å². The van der Waals surface area contributed by atoms with E-state index in [2.05, 4.69) is 0 Å². The number of ether oxygens (including phenoxy) is 1. The zero-order chi connectivity index (χ0) is 15.2. The van der Waals surface area contributed by atoms with Gasteiger partial charge in [0.2, 0.25) is 0 Å². The lowest BCUT2D eigenvalue weighted by molar-refractivity contribution is -0.149. The Bertz CT molecular complexity index is 593. The summed E-state index contributed by atoms with van der Waals surface area (Å²) in [5.74, 6) is -2.15. The van der Waals surface area contributed by atoms with E-state index >= 15 is 0 Å². The molecule has 2 atom stereocenters. The molecular weight excluding hydrogens is 280 g/mol. The molecule has 114 valence electrons. The normalized spacial score (nSPS) is 28.8. The lowest BCUT2D eigenvalue weighted by Crippen LogP contribution is -2.39. The molecular formula is C15H17F2NO3. The van der Waals surface area contributed by atoms with Crippen molar-refractivity contribution in [1.82, 2.24) is 4.90 Å². The van der Waals surface area contributed by atoms with Crippen LogP contribution in [-0.2, 0) is 16.1 Å². The highest BCUT2D eigenvalue weighted by Crippen LogP contribution is 2.42.